The number of carbonyl (C=O) groups excluding carboxylic acids is 1. The van der Waals surface area contributed by atoms with E-state index in [1.165, 1.54) is 31.4 Å². The van der Waals surface area contributed by atoms with Crippen molar-refractivity contribution in [3.8, 4) is 11.5 Å². The maximum Gasteiger partial charge on any atom is 0.227 e. The Morgan fingerprint density at radius 1 is 1.15 bits per heavy atom. The van der Waals surface area contributed by atoms with E-state index < -0.39 is 11.6 Å². The van der Waals surface area contributed by atoms with Gasteiger partial charge in [0.25, 0.3) is 0 Å². The average molecular weight is 364 g/mol. The molecule has 140 valence electrons. The number of nitrogens with one attached hydrogen (secondary N) is 1. The summed E-state index contributed by atoms with van der Waals surface area (Å²) in [6.07, 6.45) is 1.13. The predicted octanol–water partition coefficient (Wildman–Crippen LogP) is 3.99. The summed E-state index contributed by atoms with van der Waals surface area (Å²) < 4.78 is 37.5. The zero-order valence-corrected chi connectivity index (χ0v) is 14.7. The minimum atomic E-state index is -0.557. The fourth-order valence-corrected chi connectivity index (χ4v) is 2.29. The van der Waals surface area contributed by atoms with Crippen LogP contribution < -0.4 is 20.5 Å². The molecule has 0 radical (unpaired) electrons. The molecule has 2 aromatic rings. The Labute approximate surface area is 151 Å². The smallest absolute Gasteiger partial charge is 0.227 e. The van der Waals surface area contributed by atoms with Crippen molar-refractivity contribution in [2.75, 3.05) is 24.8 Å². The second-order valence-electron chi connectivity index (χ2n) is 5.91. The lowest BCUT2D eigenvalue weighted by atomic mass is 10.0. The van der Waals surface area contributed by atoms with Gasteiger partial charge in [0.15, 0.2) is 0 Å². The lowest BCUT2D eigenvalue weighted by molar-refractivity contribution is -0.119. The molecule has 1 atom stereocenters. The van der Waals surface area contributed by atoms with Gasteiger partial charge in [-0.1, -0.05) is 6.92 Å². The zero-order valence-electron chi connectivity index (χ0n) is 14.7. The van der Waals surface area contributed by atoms with E-state index >= 15 is 0 Å². The van der Waals surface area contributed by atoms with Crippen molar-refractivity contribution < 1.29 is 23.0 Å². The van der Waals surface area contributed by atoms with E-state index in [0.717, 1.165) is 0 Å². The number of halogens is 2. The van der Waals surface area contributed by atoms with Crippen molar-refractivity contribution in [1.82, 2.24) is 0 Å². The normalized spacial score (nSPS) is 11.7. The third-order valence-electron chi connectivity index (χ3n) is 3.90. The number of amides is 1. The van der Waals surface area contributed by atoms with Gasteiger partial charge < -0.3 is 20.5 Å². The number of hydrogen-bond donors (Lipinski definition) is 2. The highest BCUT2D eigenvalue weighted by atomic mass is 19.1. The van der Waals surface area contributed by atoms with Crippen molar-refractivity contribution in [3.05, 3.63) is 48.0 Å². The number of carbonyl (C=O) groups is 1. The number of methoxy groups -OCH3 is 1. The molecule has 7 heteroatoms. The molecule has 0 spiro atoms. The second-order valence-corrected chi connectivity index (χ2v) is 5.91. The van der Waals surface area contributed by atoms with E-state index in [9.17, 15) is 13.6 Å². The minimum Gasteiger partial charge on any atom is -0.497 e. The Balaban J connectivity index is 1.77. The van der Waals surface area contributed by atoms with E-state index in [4.69, 9.17) is 15.2 Å². The first kappa shape index (κ1) is 19.5. The fraction of sp³-hybridized carbons (Fsp3) is 0.316. The molecule has 0 heterocycles. The Bertz CT molecular complexity index is 768. The van der Waals surface area contributed by atoms with E-state index in [1.54, 1.807) is 19.1 Å². The predicted molar refractivity (Wildman–Crippen MR) is 96.3 cm³/mol. The number of nitrogen functional groups attached to an aromatic ring is 1. The number of anilines is 2. The van der Waals surface area contributed by atoms with Gasteiger partial charge in [-0.2, -0.15) is 0 Å². The van der Waals surface area contributed by atoms with Crippen LogP contribution in [-0.2, 0) is 4.79 Å². The van der Waals surface area contributed by atoms with Crippen molar-refractivity contribution in [2.24, 2.45) is 5.92 Å². The molecule has 0 aliphatic heterocycles. The SMILES string of the molecule is COc1ccc(NC(=O)C(C)CCCOc2ccc(N)c(F)c2)c(F)c1. The number of nitrogens with two attached hydrogens (primary N) is 1. The molecular formula is C19H22F2N2O3. The first-order chi connectivity index (χ1) is 12.4. The summed E-state index contributed by atoms with van der Waals surface area (Å²) in [7, 11) is 1.44. The summed E-state index contributed by atoms with van der Waals surface area (Å²) in [6, 6.07) is 8.48. The van der Waals surface area contributed by atoms with E-state index in [0.29, 0.717) is 30.9 Å². The monoisotopic (exact) mass is 364 g/mol. The molecule has 3 N–H and O–H groups in total. The second kappa shape index (κ2) is 9.03. The van der Waals surface area contributed by atoms with Gasteiger partial charge in [0.05, 0.1) is 25.1 Å². The van der Waals surface area contributed by atoms with E-state index in [1.807, 2.05) is 0 Å². The Hall–Kier alpha value is -2.83. The number of benzene rings is 2. The maximum atomic E-state index is 13.9. The van der Waals surface area contributed by atoms with Crippen LogP contribution in [0.3, 0.4) is 0 Å². The van der Waals surface area contributed by atoms with Gasteiger partial charge in [-0.05, 0) is 37.1 Å². The van der Waals surface area contributed by atoms with E-state index in [-0.39, 0.29) is 23.2 Å². The third-order valence-corrected chi connectivity index (χ3v) is 3.90. The van der Waals surface area contributed by atoms with Crippen LogP contribution >= 0.6 is 0 Å². The Morgan fingerprint density at radius 3 is 2.50 bits per heavy atom. The van der Waals surface area contributed by atoms with Gasteiger partial charge in [-0.25, -0.2) is 8.78 Å². The van der Waals surface area contributed by atoms with Gasteiger partial charge in [0.1, 0.15) is 23.1 Å². The fourth-order valence-electron chi connectivity index (χ4n) is 2.29. The molecule has 1 amide bonds. The number of hydrogen-bond acceptors (Lipinski definition) is 4. The lowest BCUT2D eigenvalue weighted by Gasteiger charge is -2.13. The van der Waals surface area contributed by atoms with Crippen LogP contribution in [0.1, 0.15) is 19.8 Å². The lowest BCUT2D eigenvalue weighted by Crippen LogP contribution is -2.21. The molecule has 1 unspecified atom stereocenters. The highest BCUT2D eigenvalue weighted by Crippen LogP contribution is 2.22. The summed E-state index contributed by atoms with van der Waals surface area (Å²) in [5, 5.41) is 2.56. The number of rotatable bonds is 8. The van der Waals surface area contributed by atoms with Gasteiger partial charge in [0, 0.05) is 18.1 Å². The standard InChI is InChI=1S/C19H22F2N2O3/c1-12(4-3-9-26-14-5-7-17(22)15(20)11-14)19(24)23-18-8-6-13(25-2)10-16(18)21/h5-8,10-12H,3-4,9,22H2,1-2H3,(H,23,24). The van der Waals surface area contributed by atoms with Crippen molar-refractivity contribution in [1.29, 1.82) is 0 Å². The van der Waals surface area contributed by atoms with Crippen LogP contribution in [0.5, 0.6) is 11.5 Å². The highest BCUT2D eigenvalue weighted by Gasteiger charge is 2.15. The summed E-state index contributed by atoms with van der Waals surface area (Å²) in [4.78, 5) is 12.2. The molecule has 26 heavy (non-hydrogen) atoms. The summed E-state index contributed by atoms with van der Waals surface area (Å²) in [5.41, 5.74) is 5.57. The van der Waals surface area contributed by atoms with Gasteiger partial charge in [0.2, 0.25) is 5.91 Å². The van der Waals surface area contributed by atoms with Crippen LogP contribution in [0.25, 0.3) is 0 Å². The van der Waals surface area contributed by atoms with Crippen LogP contribution in [0.2, 0.25) is 0 Å². The molecule has 0 aliphatic rings. The maximum absolute atomic E-state index is 13.9. The molecule has 0 saturated carbocycles. The molecule has 5 nitrogen and oxygen atoms in total. The van der Waals surface area contributed by atoms with Gasteiger partial charge in [-0.15, -0.1) is 0 Å². The molecule has 0 saturated heterocycles. The van der Waals surface area contributed by atoms with Gasteiger partial charge in [-0.3, -0.25) is 4.79 Å². The van der Waals surface area contributed by atoms with Crippen LogP contribution in [0.15, 0.2) is 36.4 Å². The van der Waals surface area contributed by atoms with Crippen LogP contribution in [0.4, 0.5) is 20.2 Å². The molecule has 0 aliphatic carbocycles. The van der Waals surface area contributed by atoms with Crippen LogP contribution in [-0.4, -0.2) is 19.6 Å². The molecular weight excluding hydrogens is 342 g/mol. The average Bonchev–Trinajstić information content (AvgIpc) is 2.63. The Kier molecular flexibility index (Phi) is 6.77. The van der Waals surface area contributed by atoms with Crippen molar-refractivity contribution in [3.63, 3.8) is 0 Å². The topological polar surface area (TPSA) is 73.6 Å². The molecule has 2 rings (SSSR count). The highest BCUT2D eigenvalue weighted by molar-refractivity contribution is 5.92. The quantitative estimate of drug-likeness (QED) is 0.549. The van der Waals surface area contributed by atoms with Gasteiger partial charge >= 0.3 is 0 Å². The first-order valence-electron chi connectivity index (χ1n) is 8.23. The first-order valence-corrected chi connectivity index (χ1v) is 8.23. The third kappa shape index (κ3) is 5.34. The van der Waals surface area contributed by atoms with Crippen LogP contribution in [0, 0.1) is 17.6 Å². The van der Waals surface area contributed by atoms with Crippen molar-refractivity contribution >= 4 is 17.3 Å². The summed E-state index contributed by atoms with van der Waals surface area (Å²) in [5.74, 6) is -0.940. The van der Waals surface area contributed by atoms with E-state index in [2.05, 4.69) is 5.32 Å². The summed E-state index contributed by atoms with van der Waals surface area (Å²) >= 11 is 0. The molecule has 0 fully saturated rings. The molecule has 0 bridgehead atoms. The minimum absolute atomic E-state index is 0.0633. The van der Waals surface area contributed by atoms with Crippen molar-refractivity contribution in [2.45, 2.75) is 19.8 Å². The molecule has 2 aromatic carbocycles. The number of ether oxygens (including phenoxy) is 2. The molecule has 0 aromatic heterocycles. The largest absolute Gasteiger partial charge is 0.497 e. The summed E-state index contributed by atoms with van der Waals surface area (Å²) in [6.45, 7) is 2.08. The Morgan fingerprint density at radius 2 is 1.85 bits per heavy atom. The zero-order chi connectivity index (χ0) is 19.1.